The van der Waals surface area contributed by atoms with Crippen molar-refractivity contribution in [2.45, 2.75) is 0 Å². The van der Waals surface area contributed by atoms with Crippen LogP contribution in [-0.2, 0) is 0 Å². The van der Waals surface area contributed by atoms with E-state index in [4.69, 9.17) is 4.74 Å². The van der Waals surface area contributed by atoms with Gasteiger partial charge in [-0.25, -0.2) is 0 Å². The first kappa shape index (κ1) is 11.1. The zero-order chi connectivity index (χ0) is 12.3. The Morgan fingerprint density at radius 2 is 1.76 bits per heavy atom. The highest BCUT2D eigenvalue weighted by Crippen LogP contribution is 2.31. The average Bonchev–Trinajstić information content (AvgIpc) is 2.39. The zero-order valence-electron chi connectivity index (χ0n) is 9.29. The van der Waals surface area contributed by atoms with Gasteiger partial charge in [0.15, 0.2) is 5.75 Å². The molecule has 0 radical (unpaired) electrons. The number of methoxy groups -OCH3 is 1. The van der Waals surface area contributed by atoms with Gasteiger partial charge in [-0.05, 0) is 17.2 Å². The monoisotopic (exact) mass is 229 g/mol. The summed E-state index contributed by atoms with van der Waals surface area (Å²) in [6, 6.07) is 14.4. The molecule has 0 saturated heterocycles. The summed E-state index contributed by atoms with van der Waals surface area (Å²) < 4.78 is 4.96. The Hall–Kier alpha value is -2.36. The molecule has 17 heavy (non-hydrogen) atoms. The van der Waals surface area contributed by atoms with E-state index in [2.05, 4.69) is 0 Å². The van der Waals surface area contributed by atoms with Crippen molar-refractivity contribution in [3.05, 3.63) is 58.6 Å². The summed E-state index contributed by atoms with van der Waals surface area (Å²) in [6.07, 6.45) is 0. The van der Waals surface area contributed by atoms with Crippen LogP contribution in [0.25, 0.3) is 11.1 Å². The van der Waals surface area contributed by atoms with Gasteiger partial charge in [0.05, 0.1) is 12.0 Å². The fourth-order valence-electron chi connectivity index (χ4n) is 1.64. The van der Waals surface area contributed by atoms with E-state index in [1.54, 1.807) is 12.1 Å². The predicted molar refractivity (Wildman–Crippen MR) is 65.1 cm³/mol. The molecular weight excluding hydrogens is 218 g/mol. The Labute approximate surface area is 98.6 Å². The van der Waals surface area contributed by atoms with Crippen molar-refractivity contribution in [2.75, 3.05) is 7.11 Å². The predicted octanol–water partition coefficient (Wildman–Crippen LogP) is 3.27. The lowest BCUT2D eigenvalue weighted by Crippen LogP contribution is -1.94. The summed E-state index contributed by atoms with van der Waals surface area (Å²) in [5.41, 5.74) is 1.73. The summed E-state index contributed by atoms with van der Waals surface area (Å²) in [5.74, 6) is 0.273. The van der Waals surface area contributed by atoms with Gasteiger partial charge >= 0.3 is 5.69 Å². The number of nitro benzene ring substituents is 1. The number of benzene rings is 2. The van der Waals surface area contributed by atoms with Crippen molar-refractivity contribution in [1.82, 2.24) is 0 Å². The summed E-state index contributed by atoms with van der Waals surface area (Å²) in [5, 5.41) is 10.9. The van der Waals surface area contributed by atoms with E-state index >= 15 is 0 Å². The van der Waals surface area contributed by atoms with Gasteiger partial charge in [-0.3, -0.25) is 10.1 Å². The van der Waals surface area contributed by atoms with Gasteiger partial charge in [0, 0.05) is 6.07 Å². The average molecular weight is 229 g/mol. The van der Waals surface area contributed by atoms with Crippen LogP contribution in [0.5, 0.6) is 5.75 Å². The van der Waals surface area contributed by atoms with Crippen LogP contribution in [-0.4, -0.2) is 12.0 Å². The molecule has 0 atom stereocenters. The quantitative estimate of drug-likeness (QED) is 0.599. The van der Waals surface area contributed by atoms with E-state index in [1.807, 2.05) is 30.3 Å². The molecule has 0 aliphatic heterocycles. The molecule has 86 valence electrons. The fraction of sp³-hybridized carbons (Fsp3) is 0.0769. The highest BCUT2D eigenvalue weighted by Gasteiger charge is 2.15. The molecule has 0 saturated carbocycles. The summed E-state index contributed by atoms with van der Waals surface area (Å²) in [6.45, 7) is 0. The standard InChI is InChI=1S/C13H11NO3/c1-17-13-8-7-11(9-12(13)14(15)16)10-5-3-2-4-6-10/h2-9H,1H3. The lowest BCUT2D eigenvalue weighted by Gasteiger charge is -2.04. The second kappa shape index (κ2) is 4.65. The van der Waals surface area contributed by atoms with Crippen LogP contribution in [0.15, 0.2) is 48.5 Å². The lowest BCUT2D eigenvalue weighted by atomic mass is 10.1. The van der Waals surface area contributed by atoms with E-state index in [9.17, 15) is 10.1 Å². The normalized spacial score (nSPS) is 9.94. The molecule has 0 N–H and O–H groups in total. The summed E-state index contributed by atoms with van der Waals surface area (Å²) in [4.78, 5) is 10.5. The molecule has 2 rings (SSSR count). The first-order valence-electron chi connectivity index (χ1n) is 5.10. The lowest BCUT2D eigenvalue weighted by molar-refractivity contribution is -0.385. The smallest absolute Gasteiger partial charge is 0.311 e. The van der Waals surface area contributed by atoms with Crippen molar-refractivity contribution in [1.29, 1.82) is 0 Å². The first-order valence-corrected chi connectivity index (χ1v) is 5.10. The van der Waals surface area contributed by atoms with Gasteiger partial charge in [0.25, 0.3) is 0 Å². The summed E-state index contributed by atoms with van der Waals surface area (Å²) >= 11 is 0. The SMILES string of the molecule is COc1ccc(-c2ccccc2)cc1[N+](=O)[O-]. The van der Waals surface area contributed by atoms with Crippen LogP contribution in [0.2, 0.25) is 0 Å². The molecule has 4 heteroatoms. The van der Waals surface area contributed by atoms with Gasteiger partial charge < -0.3 is 4.74 Å². The van der Waals surface area contributed by atoms with Gasteiger partial charge in [-0.1, -0.05) is 36.4 Å². The van der Waals surface area contributed by atoms with E-state index in [-0.39, 0.29) is 11.4 Å². The molecular formula is C13H11NO3. The molecule has 0 bridgehead atoms. The van der Waals surface area contributed by atoms with Crippen LogP contribution in [0.4, 0.5) is 5.69 Å². The van der Waals surface area contributed by atoms with Crippen molar-refractivity contribution >= 4 is 5.69 Å². The number of nitro groups is 1. The van der Waals surface area contributed by atoms with Gasteiger partial charge in [-0.15, -0.1) is 0 Å². The third-order valence-electron chi connectivity index (χ3n) is 2.48. The largest absolute Gasteiger partial charge is 0.490 e. The number of ether oxygens (including phenoxy) is 1. The van der Waals surface area contributed by atoms with Crippen molar-refractivity contribution < 1.29 is 9.66 Å². The van der Waals surface area contributed by atoms with Crippen LogP contribution < -0.4 is 4.74 Å². The molecule has 0 amide bonds. The van der Waals surface area contributed by atoms with E-state index in [0.717, 1.165) is 11.1 Å². The maximum atomic E-state index is 10.9. The fourth-order valence-corrected chi connectivity index (χ4v) is 1.64. The Kier molecular flexibility index (Phi) is 3.05. The van der Waals surface area contributed by atoms with Crippen LogP contribution in [0, 0.1) is 10.1 Å². The molecule has 2 aromatic rings. The second-order valence-corrected chi connectivity index (χ2v) is 3.51. The molecule has 0 aliphatic carbocycles. The van der Waals surface area contributed by atoms with Gasteiger partial charge in [-0.2, -0.15) is 0 Å². The molecule has 2 aromatic carbocycles. The second-order valence-electron chi connectivity index (χ2n) is 3.51. The number of hydrogen-bond acceptors (Lipinski definition) is 3. The first-order chi connectivity index (χ1) is 8.22. The highest BCUT2D eigenvalue weighted by molar-refractivity contribution is 5.68. The van der Waals surface area contributed by atoms with Crippen molar-refractivity contribution in [2.24, 2.45) is 0 Å². The maximum absolute atomic E-state index is 10.9. The Morgan fingerprint density at radius 1 is 1.06 bits per heavy atom. The number of nitrogens with zero attached hydrogens (tertiary/aromatic N) is 1. The molecule has 0 heterocycles. The molecule has 0 fully saturated rings. The molecule has 0 unspecified atom stereocenters. The Bertz CT molecular complexity index is 538. The van der Waals surface area contributed by atoms with E-state index in [1.165, 1.54) is 13.2 Å². The Balaban J connectivity index is 2.51. The van der Waals surface area contributed by atoms with Crippen LogP contribution in [0.1, 0.15) is 0 Å². The third-order valence-corrected chi connectivity index (χ3v) is 2.48. The number of rotatable bonds is 3. The minimum absolute atomic E-state index is 0.0196. The minimum atomic E-state index is -0.439. The van der Waals surface area contributed by atoms with Crippen LogP contribution in [0.3, 0.4) is 0 Å². The van der Waals surface area contributed by atoms with Crippen molar-refractivity contribution in [3.8, 4) is 16.9 Å². The van der Waals surface area contributed by atoms with E-state index < -0.39 is 4.92 Å². The summed E-state index contributed by atoms with van der Waals surface area (Å²) in [7, 11) is 1.42. The van der Waals surface area contributed by atoms with Gasteiger partial charge in [0.2, 0.25) is 0 Å². The third kappa shape index (κ3) is 2.25. The zero-order valence-corrected chi connectivity index (χ0v) is 9.29. The Morgan fingerprint density at radius 3 is 2.35 bits per heavy atom. The topological polar surface area (TPSA) is 52.4 Å². The van der Waals surface area contributed by atoms with Gasteiger partial charge in [0.1, 0.15) is 0 Å². The van der Waals surface area contributed by atoms with Crippen molar-refractivity contribution in [3.63, 3.8) is 0 Å². The number of hydrogen-bond donors (Lipinski definition) is 0. The minimum Gasteiger partial charge on any atom is -0.490 e. The molecule has 4 nitrogen and oxygen atoms in total. The maximum Gasteiger partial charge on any atom is 0.311 e. The van der Waals surface area contributed by atoms with Crippen LogP contribution >= 0.6 is 0 Å². The molecule has 0 spiro atoms. The van der Waals surface area contributed by atoms with E-state index in [0.29, 0.717) is 0 Å². The molecule has 0 aromatic heterocycles. The molecule has 0 aliphatic rings. The highest BCUT2D eigenvalue weighted by atomic mass is 16.6.